The summed E-state index contributed by atoms with van der Waals surface area (Å²) in [7, 11) is 3.68. The second kappa shape index (κ2) is 5.65. The standard InChI is InChI=1S/C16H20N2O/c1-12-4-6-13(7-5-12)11-18(2)16-9-8-14(19-3)10-15(16)17/h4-10H,11,17H2,1-3H3. The number of methoxy groups -OCH3 is 1. The minimum atomic E-state index is 0.731. The van der Waals surface area contributed by atoms with Gasteiger partial charge in [-0.1, -0.05) is 29.8 Å². The summed E-state index contributed by atoms with van der Waals surface area (Å²) in [6.07, 6.45) is 0. The average molecular weight is 256 g/mol. The van der Waals surface area contributed by atoms with Gasteiger partial charge in [-0.05, 0) is 24.6 Å². The number of nitrogens with zero attached hydrogens (tertiary/aromatic N) is 1. The molecule has 0 atom stereocenters. The molecule has 2 rings (SSSR count). The lowest BCUT2D eigenvalue weighted by atomic mass is 10.1. The Morgan fingerprint density at radius 1 is 1.11 bits per heavy atom. The zero-order valence-corrected chi connectivity index (χ0v) is 11.7. The van der Waals surface area contributed by atoms with Crippen molar-refractivity contribution >= 4 is 11.4 Å². The highest BCUT2D eigenvalue weighted by Crippen LogP contribution is 2.27. The molecule has 0 bridgehead atoms. The Morgan fingerprint density at radius 2 is 1.79 bits per heavy atom. The predicted octanol–water partition coefficient (Wildman–Crippen LogP) is 3.22. The first-order chi connectivity index (χ1) is 9.10. The normalized spacial score (nSPS) is 10.3. The van der Waals surface area contributed by atoms with E-state index in [0.717, 1.165) is 23.7 Å². The third-order valence-electron chi connectivity index (χ3n) is 3.19. The van der Waals surface area contributed by atoms with Crippen LogP contribution in [0.2, 0.25) is 0 Å². The summed E-state index contributed by atoms with van der Waals surface area (Å²) in [5.74, 6) is 0.782. The van der Waals surface area contributed by atoms with Gasteiger partial charge in [-0.2, -0.15) is 0 Å². The van der Waals surface area contributed by atoms with E-state index in [0.29, 0.717) is 0 Å². The fourth-order valence-electron chi connectivity index (χ4n) is 2.06. The van der Waals surface area contributed by atoms with E-state index in [1.54, 1.807) is 7.11 Å². The maximum Gasteiger partial charge on any atom is 0.121 e. The van der Waals surface area contributed by atoms with E-state index >= 15 is 0 Å². The maximum absolute atomic E-state index is 6.05. The van der Waals surface area contributed by atoms with E-state index in [2.05, 4.69) is 36.1 Å². The molecule has 0 saturated heterocycles. The Morgan fingerprint density at radius 3 is 2.37 bits per heavy atom. The Bertz CT molecular complexity index is 549. The van der Waals surface area contributed by atoms with Gasteiger partial charge < -0.3 is 15.4 Å². The maximum atomic E-state index is 6.05. The van der Waals surface area contributed by atoms with Crippen molar-refractivity contribution in [3.8, 4) is 5.75 Å². The smallest absolute Gasteiger partial charge is 0.121 e. The molecule has 0 aliphatic heterocycles. The molecule has 0 radical (unpaired) electrons. The van der Waals surface area contributed by atoms with Gasteiger partial charge in [-0.25, -0.2) is 0 Å². The van der Waals surface area contributed by atoms with Crippen LogP contribution >= 0.6 is 0 Å². The summed E-state index contributed by atoms with van der Waals surface area (Å²) in [4.78, 5) is 2.14. The third kappa shape index (κ3) is 3.19. The van der Waals surface area contributed by atoms with Gasteiger partial charge in [0.25, 0.3) is 0 Å². The molecule has 0 heterocycles. The van der Waals surface area contributed by atoms with Crippen molar-refractivity contribution in [3.05, 3.63) is 53.6 Å². The lowest BCUT2D eigenvalue weighted by Gasteiger charge is -2.21. The molecular weight excluding hydrogens is 236 g/mol. The number of nitrogen functional groups attached to an aromatic ring is 1. The van der Waals surface area contributed by atoms with Gasteiger partial charge in [0.1, 0.15) is 5.75 Å². The molecule has 0 aliphatic carbocycles. The molecule has 100 valence electrons. The first kappa shape index (κ1) is 13.3. The molecule has 0 spiro atoms. The van der Waals surface area contributed by atoms with Crippen molar-refractivity contribution in [2.24, 2.45) is 0 Å². The van der Waals surface area contributed by atoms with E-state index in [1.807, 2.05) is 25.2 Å². The van der Waals surface area contributed by atoms with Crippen LogP contribution in [0, 0.1) is 6.92 Å². The number of hydrogen-bond donors (Lipinski definition) is 1. The van der Waals surface area contributed by atoms with Crippen LogP contribution in [-0.4, -0.2) is 14.2 Å². The first-order valence-corrected chi connectivity index (χ1v) is 6.30. The molecular formula is C16H20N2O. The third-order valence-corrected chi connectivity index (χ3v) is 3.19. The molecule has 3 nitrogen and oxygen atoms in total. The average Bonchev–Trinajstić information content (AvgIpc) is 2.41. The van der Waals surface area contributed by atoms with Crippen molar-refractivity contribution in [3.63, 3.8) is 0 Å². The van der Waals surface area contributed by atoms with Gasteiger partial charge in [0, 0.05) is 19.7 Å². The van der Waals surface area contributed by atoms with Gasteiger partial charge in [0.2, 0.25) is 0 Å². The van der Waals surface area contributed by atoms with Crippen molar-refractivity contribution in [2.45, 2.75) is 13.5 Å². The first-order valence-electron chi connectivity index (χ1n) is 6.30. The van der Waals surface area contributed by atoms with Gasteiger partial charge in [-0.15, -0.1) is 0 Å². The SMILES string of the molecule is COc1ccc(N(C)Cc2ccc(C)cc2)c(N)c1. The van der Waals surface area contributed by atoms with Crippen molar-refractivity contribution in [1.82, 2.24) is 0 Å². The molecule has 0 amide bonds. The number of benzene rings is 2. The van der Waals surface area contributed by atoms with Crippen LogP contribution in [0.5, 0.6) is 5.75 Å². The van der Waals surface area contributed by atoms with Gasteiger partial charge in [0.15, 0.2) is 0 Å². The van der Waals surface area contributed by atoms with E-state index in [9.17, 15) is 0 Å². The molecule has 0 saturated carbocycles. The Hall–Kier alpha value is -2.16. The molecule has 0 aliphatic rings. The lowest BCUT2D eigenvalue weighted by Crippen LogP contribution is -2.17. The van der Waals surface area contributed by atoms with Crippen LogP contribution in [0.25, 0.3) is 0 Å². The quantitative estimate of drug-likeness (QED) is 0.854. The van der Waals surface area contributed by atoms with E-state index in [1.165, 1.54) is 11.1 Å². The summed E-state index contributed by atoms with van der Waals surface area (Å²) in [5, 5.41) is 0. The van der Waals surface area contributed by atoms with Gasteiger partial charge in [-0.3, -0.25) is 0 Å². The molecule has 2 N–H and O–H groups in total. The number of nitrogens with two attached hydrogens (primary N) is 1. The molecule has 19 heavy (non-hydrogen) atoms. The number of aryl methyl sites for hydroxylation is 1. The molecule has 2 aromatic rings. The Balaban J connectivity index is 2.15. The second-order valence-electron chi connectivity index (χ2n) is 4.77. The molecule has 0 unspecified atom stereocenters. The highest BCUT2D eigenvalue weighted by Gasteiger charge is 2.07. The number of anilines is 2. The van der Waals surface area contributed by atoms with Gasteiger partial charge in [0.05, 0.1) is 18.5 Å². The minimum absolute atomic E-state index is 0.731. The number of hydrogen-bond acceptors (Lipinski definition) is 3. The lowest BCUT2D eigenvalue weighted by molar-refractivity contribution is 0.415. The fourth-order valence-corrected chi connectivity index (χ4v) is 2.06. The van der Waals surface area contributed by atoms with E-state index in [4.69, 9.17) is 10.5 Å². The van der Waals surface area contributed by atoms with Crippen LogP contribution < -0.4 is 15.4 Å². The zero-order chi connectivity index (χ0) is 13.8. The molecule has 0 aromatic heterocycles. The number of ether oxygens (including phenoxy) is 1. The largest absolute Gasteiger partial charge is 0.497 e. The van der Waals surface area contributed by atoms with Crippen LogP contribution in [-0.2, 0) is 6.54 Å². The Labute approximate surface area is 114 Å². The monoisotopic (exact) mass is 256 g/mol. The molecule has 3 heteroatoms. The highest BCUT2D eigenvalue weighted by molar-refractivity contribution is 5.69. The topological polar surface area (TPSA) is 38.5 Å². The van der Waals surface area contributed by atoms with Crippen LogP contribution in [0.3, 0.4) is 0 Å². The summed E-state index contributed by atoms with van der Waals surface area (Å²) in [5.41, 5.74) is 10.3. The van der Waals surface area contributed by atoms with Crippen molar-refractivity contribution < 1.29 is 4.74 Å². The summed E-state index contributed by atoms with van der Waals surface area (Å²) in [6.45, 7) is 2.92. The van der Waals surface area contributed by atoms with E-state index < -0.39 is 0 Å². The van der Waals surface area contributed by atoms with Crippen LogP contribution in [0.4, 0.5) is 11.4 Å². The Kier molecular flexibility index (Phi) is 3.95. The van der Waals surface area contributed by atoms with Crippen LogP contribution in [0.1, 0.15) is 11.1 Å². The van der Waals surface area contributed by atoms with Crippen molar-refractivity contribution in [2.75, 3.05) is 24.8 Å². The van der Waals surface area contributed by atoms with E-state index in [-0.39, 0.29) is 0 Å². The van der Waals surface area contributed by atoms with Crippen LogP contribution in [0.15, 0.2) is 42.5 Å². The number of rotatable bonds is 4. The molecule has 2 aromatic carbocycles. The zero-order valence-electron chi connectivity index (χ0n) is 11.7. The summed E-state index contributed by atoms with van der Waals surface area (Å²) in [6, 6.07) is 14.3. The fraction of sp³-hybridized carbons (Fsp3) is 0.250. The minimum Gasteiger partial charge on any atom is -0.497 e. The molecule has 0 fully saturated rings. The second-order valence-corrected chi connectivity index (χ2v) is 4.77. The summed E-state index contributed by atoms with van der Waals surface area (Å²) >= 11 is 0. The highest BCUT2D eigenvalue weighted by atomic mass is 16.5. The summed E-state index contributed by atoms with van der Waals surface area (Å²) < 4.78 is 5.16. The predicted molar refractivity (Wildman–Crippen MR) is 80.7 cm³/mol. The van der Waals surface area contributed by atoms with Crippen molar-refractivity contribution in [1.29, 1.82) is 0 Å². The van der Waals surface area contributed by atoms with Gasteiger partial charge >= 0.3 is 0 Å².